The molecule has 2 saturated heterocycles. The number of nitrogens with one attached hydrogen (secondary N) is 3. The molecule has 8 rings (SSSR count). The zero-order valence-corrected chi connectivity index (χ0v) is 33.6. The van der Waals surface area contributed by atoms with Gasteiger partial charge in [0.2, 0.25) is 17.8 Å². The number of para-hydroxylation sites is 1. The second-order valence-electron chi connectivity index (χ2n) is 15.6. The van der Waals surface area contributed by atoms with E-state index in [1.165, 1.54) is 0 Å². The van der Waals surface area contributed by atoms with E-state index in [1.54, 1.807) is 60.0 Å². The van der Waals surface area contributed by atoms with E-state index in [0.29, 0.717) is 79.9 Å². The molecule has 2 aliphatic heterocycles. The van der Waals surface area contributed by atoms with E-state index >= 15 is 0 Å². The van der Waals surface area contributed by atoms with Crippen molar-refractivity contribution in [3.8, 4) is 5.75 Å². The van der Waals surface area contributed by atoms with Crippen molar-refractivity contribution < 1.29 is 28.7 Å². The van der Waals surface area contributed by atoms with E-state index in [-0.39, 0.29) is 48.6 Å². The van der Waals surface area contributed by atoms with Crippen LogP contribution >= 0.6 is 0 Å². The Bertz CT molecular complexity index is 2410. The standard InChI is InChI=1S/C42H49N11O6/c1-49(2)41(58)32-23-27-24-44-42(47-38(27)53(32)29-7-4-5-8-29)45-28-13-11-26(12-14-28)39(56)43-17-18-51-19-21-52(22-20-51)35(55)25-59-33-10-6-9-30-36(48-50(3)37(30)33)31-15-16-34(54)46-40(31)57/h6,9-14,23-24,29,31H,4-5,7-8,15-22,25H2,1-3H3,(H,43,56)(H,44,45,47)(H,46,54,57). The Balaban J connectivity index is 0.794. The van der Waals surface area contributed by atoms with Crippen molar-refractivity contribution >= 4 is 63.1 Å². The van der Waals surface area contributed by atoms with Crippen LogP contribution in [0.15, 0.2) is 54.7 Å². The predicted octanol–water partition coefficient (Wildman–Crippen LogP) is 3.35. The van der Waals surface area contributed by atoms with Gasteiger partial charge in [0.25, 0.3) is 17.7 Å². The SMILES string of the molecule is CN(C)C(=O)c1cc2cnc(Nc3ccc(C(=O)NCCN4CCN(C(=O)COc5cccc6c(C7CCC(=O)NC7=O)nn(C)c56)CC4)cc3)nc2n1C1CCCC1. The summed E-state index contributed by atoms with van der Waals surface area (Å²) in [5.41, 5.74) is 3.89. The Labute approximate surface area is 341 Å². The molecule has 5 aromatic rings. The number of rotatable bonds is 12. The van der Waals surface area contributed by atoms with Gasteiger partial charge < -0.3 is 29.7 Å². The number of aromatic nitrogens is 5. The number of hydrogen-bond acceptors (Lipinski definition) is 11. The van der Waals surface area contributed by atoms with Gasteiger partial charge in [-0.15, -0.1) is 0 Å². The lowest BCUT2D eigenvalue weighted by Gasteiger charge is -2.34. The first-order chi connectivity index (χ1) is 28.5. The highest BCUT2D eigenvalue weighted by atomic mass is 16.5. The highest BCUT2D eigenvalue weighted by Gasteiger charge is 2.32. The number of fused-ring (bicyclic) bond motifs is 2. The number of imide groups is 1. The molecule has 3 aromatic heterocycles. The van der Waals surface area contributed by atoms with Gasteiger partial charge in [-0.2, -0.15) is 10.1 Å². The third kappa shape index (κ3) is 8.32. The molecular weight excluding hydrogens is 755 g/mol. The Kier molecular flexibility index (Phi) is 11.3. The minimum absolute atomic E-state index is 0.0574. The first-order valence-corrected chi connectivity index (χ1v) is 20.2. The van der Waals surface area contributed by atoms with Crippen LogP contribution in [0.5, 0.6) is 5.75 Å². The number of hydrogen-bond donors (Lipinski definition) is 3. The zero-order valence-electron chi connectivity index (χ0n) is 33.6. The molecule has 3 fully saturated rings. The van der Waals surface area contributed by atoms with Crippen molar-refractivity contribution in [3.05, 3.63) is 71.7 Å². The van der Waals surface area contributed by atoms with E-state index in [0.717, 1.165) is 47.8 Å². The number of nitrogens with zero attached hydrogens (tertiary/aromatic N) is 8. The monoisotopic (exact) mass is 803 g/mol. The van der Waals surface area contributed by atoms with Crippen LogP contribution in [0.1, 0.15) is 77.0 Å². The number of aryl methyl sites for hydroxylation is 1. The number of carbonyl (C=O) groups is 5. The number of benzene rings is 2. The van der Waals surface area contributed by atoms with Gasteiger partial charge in [-0.3, -0.25) is 38.9 Å². The first kappa shape index (κ1) is 39.5. The number of piperazine rings is 1. The smallest absolute Gasteiger partial charge is 0.270 e. The molecule has 0 bridgehead atoms. The van der Waals surface area contributed by atoms with Crippen molar-refractivity contribution in [1.29, 1.82) is 0 Å². The highest BCUT2D eigenvalue weighted by molar-refractivity contribution is 6.03. The molecule has 0 spiro atoms. The lowest BCUT2D eigenvalue weighted by Crippen LogP contribution is -2.51. The summed E-state index contributed by atoms with van der Waals surface area (Å²) in [6.45, 7) is 3.38. The number of carbonyl (C=O) groups excluding carboxylic acids is 5. The van der Waals surface area contributed by atoms with Gasteiger partial charge in [-0.25, -0.2) is 4.98 Å². The summed E-state index contributed by atoms with van der Waals surface area (Å²) in [7, 11) is 5.28. The van der Waals surface area contributed by atoms with Crippen molar-refractivity contribution in [3.63, 3.8) is 0 Å². The predicted molar refractivity (Wildman–Crippen MR) is 219 cm³/mol. The Morgan fingerprint density at radius 2 is 1.75 bits per heavy atom. The second-order valence-corrected chi connectivity index (χ2v) is 15.6. The zero-order chi connectivity index (χ0) is 41.2. The number of anilines is 2. The van der Waals surface area contributed by atoms with Crippen LogP contribution in [-0.4, -0.2) is 129 Å². The number of piperidine rings is 1. The van der Waals surface area contributed by atoms with E-state index in [2.05, 4.69) is 35.5 Å². The van der Waals surface area contributed by atoms with Crippen LogP contribution in [-0.2, 0) is 21.4 Å². The van der Waals surface area contributed by atoms with Gasteiger partial charge in [-0.1, -0.05) is 25.0 Å². The third-order valence-electron chi connectivity index (χ3n) is 11.5. The summed E-state index contributed by atoms with van der Waals surface area (Å²) in [5, 5.41) is 14.8. The summed E-state index contributed by atoms with van der Waals surface area (Å²) < 4.78 is 9.75. The van der Waals surface area contributed by atoms with Gasteiger partial charge in [0, 0.05) is 101 Å². The molecular formula is C42H49N11O6. The summed E-state index contributed by atoms with van der Waals surface area (Å²) in [6, 6.07) is 14.7. The number of ether oxygens (including phenoxy) is 1. The van der Waals surface area contributed by atoms with Crippen LogP contribution < -0.4 is 20.7 Å². The fourth-order valence-corrected chi connectivity index (χ4v) is 8.37. The van der Waals surface area contributed by atoms with Gasteiger partial charge in [0.05, 0.1) is 11.6 Å². The maximum Gasteiger partial charge on any atom is 0.270 e. The lowest BCUT2D eigenvalue weighted by atomic mass is 9.93. The third-order valence-corrected chi connectivity index (χ3v) is 11.5. The molecule has 5 amide bonds. The van der Waals surface area contributed by atoms with Crippen LogP contribution in [0.2, 0.25) is 0 Å². The van der Waals surface area contributed by atoms with Crippen molar-refractivity contribution in [2.75, 3.05) is 65.3 Å². The minimum atomic E-state index is -0.533. The van der Waals surface area contributed by atoms with Gasteiger partial charge in [0.15, 0.2) is 6.61 Å². The topological polar surface area (TPSA) is 189 Å². The van der Waals surface area contributed by atoms with Crippen LogP contribution in [0, 0.1) is 0 Å². The van der Waals surface area contributed by atoms with E-state index in [4.69, 9.17) is 9.72 Å². The highest BCUT2D eigenvalue weighted by Crippen LogP contribution is 2.36. The normalized spacial score (nSPS) is 17.7. The average molecular weight is 804 g/mol. The van der Waals surface area contributed by atoms with Crippen LogP contribution in [0.25, 0.3) is 21.9 Å². The molecule has 1 atom stereocenters. The largest absolute Gasteiger partial charge is 0.481 e. The fraction of sp³-hybridized carbons (Fsp3) is 0.429. The van der Waals surface area contributed by atoms with Crippen LogP contribution in [0.3, 0.4) is 0 Å². The maximum absolute atomic E-state index is 13.2. The van der Waals surface area contributed by atoms with Crippen LogP contribution in [0.4, 0.5) is 11.6 Å². The molecule has 3 N–H and O–H groups in total. The van der Waals surface area contributed by atoms with Gasteiger partial charge in [0.1, 0.15) is 22.6 Å². The Morgan fingerprint density at radius 3 is 2.47 bits per heavy atom. The second kappa shape index (κ2) is 16.9. The van der Waals surface area contributed by atoms with Gasteiger partial charge >= 0.3 is 0 Å². The molecule has 17 heteroatoms. The molecule has 59 heavy (non-hydrogen) atoms. The van der Waals surface area contributed by atoms with Crippen molar-refractivity contribution in [1.82, 2.24) is 49.6 Å². The molecule has 5 heterocycles. The molecule has 1 aliphatic carbocycles. The summed E-state index contributed by atoms with van der Waals surface area (Å²) in [4.78, 5) is 78.3. The first-order valence-electron chi connectivity index (χ1n) is 20.2. The van der Waals surface area contributed by atoms with E-state index in [1.807, 2.05) is 30.3 Å². The summed E-state index contributed by atoms with van der Waals surface area (Å²) in [6.07, 6.45) is 6.65. The van der Waals surface area contributed by atoms with Gasteiger partial charge in [-0.05, 0) is 55.7 Å². The molecule has 308 valence electrons. The van der Waals surface area contributed by atoms with E-state index in [9.17, 15) is 24.0 Å². The average Bonchev–Trinajstić information content (AvgIpc) is 3.98. The Hall–Kier alpha value is -6.36. The fourth-order valence-electron chi connectivity index (χ4n) is 8.37. The molecule has 0 radical (unpaired) electrons. The lowest BCUT2D eigenvalue weighted by molar-refractivity contribution is -0.135. The quantitative estimate of drug-likeness (QED) is 0.157. The molecule has 2 aromatic carbocycles. The van der Waals surface area contributed by atoms with Crippen molar-refractivity contribution in [2.45, 2.75) is 50.5 Å². The summed E-state index contributed by atoms with van der Waals surface area (Å²) in [5.74, 6) is -0.627. The molecule has 3 aliphatic rings. The maximum atomic E-state index is 13.2. The minimum Gasteiger partial charge on any atom is -0.481 e. The molecule has 17 nitrogen and oxygen atoms in total. The number of amides is 5. The van der Waals surface area contributed by atoms with Crippen molar-refractivity contribution in [2.24, 2.45) is 7.05 Å². The molecule has 1 unspecified atom stereocenters. The summed E-state index contributed by atoms with van der Waals surface area (Å²) >= 11 is 0. The molecule has 1 saturated carbocycles. The Morgan fingerprint density at radius 1 is 0.983 bits per heavy atom. The van der Waals surface area contributed by atoms with E-state index < -0.39 is 5.92 Å².